The molecule has 2 aromatic rings. The highest BCUT2D eigenvalue weighted by Crippen LogP contribution is 2.47. The first-order valence-electron chi connectivity index (χ1n) is 10.6. The van der Waals surface area contributed by atoms with Crippen LogP contribution in [-0.2, 0) is 26.2 Å². The number of fused-ring (bicyclic) bond motifs is 1. The van der Waals surface area contributed by atoms with Gasteiger partial charge >= 0.3 is 5.97 Å². The SMILES string of the molecule is COC(=O)CCCC(=O)C(=O)N1C[C@@H]2[C@H](C1)[C@H]2Nc1nc(-c2ccncc2F)cc(=O)n1C. The Labute approximate surface area is 188 Å². The number of anilines is 1. The summed E-state index contributed by atoms with van der Waals surface area (Å²) in [5.41, 5.74) is 0.0590. The third-order valence-electron chi connectivity index (χ3n) is 6.21. The number of piperidine rings is 1. The smallest absolute Gasteiger partial charge is 0.305 e. The highest BCUT2D eigenvalue weighted by molar-refractivity contribution is 6.36. The molecule has 0 spiro atoms. The summed E-state index contributed by atoms with van der Waals surface area (Å²) in [4.78, 5) is 57.7. The van der Waals surface area contributed by atoms with Crippen molar-refractivity contribution in [3.8, 4) is 11.3 Å². The summed E-state index contributed by atoms with van der Waals surface area (Å²) in [6, 6.07) is 2.72. The van der Waals surface area contributed by atoms with E-state index in [1.807, 2.05) is 0 Å². The van der Waals surface area contributed by atoms with Crippen LogP contribution < -0.4 is 10.9 Å². The number of esters is 1. The van der Waals surface area contributed by atoms with Crippen molar-refractivity contribution in [2.24, 2.45) is 18.9 Å². The van der Waals surface area contributed by atoms with Crippen molar-refractivity contribution in [2.75, 3.05) is 25.5 Å². The van der Waals surface area contributed by atoms with Crippen LogP contribution in [0.15, 0.2) is 29.3 Å². The molecule has 3 atom stereocenters. The van der Waals surface area contributed by atoms with Crippen LogP contribution in [0.25, 0.3) is 11.3 Å². The van der Waals surface area contributed by atoms with Gasteiger partial charge in [0.25, 0.3) is 11.5 Å². The van der Waals surface area contributed by atoms with Gasteiger partial charge in [0, 0.05) is 68.7 Å². The molecule has 1 aliphatic heterocycles. The third-order valence-corrected chi connectivity index (χ3v) is 6.21. The normalized spacial score (nSPS) is 20.8. The molecule has 1 N–H and O–H groups in total. The minimum atomic E-state index is -0.571. The Morgan fingerprint density at radius 1 is 1.24 bits per heavy atom. The van der Waals surface area contributed by atoms with Gasteiger partial charge in [-0.15, -0.1) is 0 Å². The number of carbonyl (C=O) groups excluding carboxylic acids is 3. The average Bonchev–Trinajstić information content (AvgIpc) is 3.23. The number of hydrogen-bond acceptors (Lipinski definition) is 8. The topological polar surface area (TPSA) is 123 Å². The number of rotatable bonds is 8. The van der Waals surface area contributed by atoms with Crippen LogP contribution in [0.3, 0.4) is 0 Å². The summed E-state index contributed by atoms with van der Waals surface area (Å²) in [5.74, 6) is -1.45. The first-order chi connectivity index (χ1) is 15.8. The lowest BCUT2D eigenvalue weighted by atomic mass is 10.1. The van der Waals surface area contributed by atoms with E-state index in [-0.39, 0.29) is 54.0 Å². The zero-order chi connectivity index (χ0) is 23.7. The highest BCUT2D eigenvalue weighted by Gasteiger charge is 2.57. The van der Waals surface area contributed by atoms with Crippen molar-refractivity contribution in [1.82, 2.24) is 19.4 Å². The largest absolute Gasteiger partial charge is 0.469 e. The number of pyridine rings is 1. The molecule has 0 radical (unpaired) electrons. The van der Waals surface area contributed by atoms with Crippen molar-refractivity contribution in [3.63, 3.8) is 0 Å². The van der Waals surface area contributed by atoms with Crippen LogP contribution in [-0.4, -0.2) is 63.3 Å². The molecule has 174 valence electrons. The minimum absolute atomic E-state index is 0.000821. The Balaban J connectivity index is 1.36. The van der Waals surface area contributed by atoms with Crippen molar-refractivity contribution >= 4 is 23.6 Å². The summed E-state index contributed by atoms with van der Waals surface area (Å²) in [5, 5.41) is 3.24. The lowest BCUT2D eigenvalue weighted by Gasteiger charge is -2.20. The maximum atomic E-state index is 14.1. The fourth-order valence-electron chi connectivity index (χ4n) is 4.22. The molecule has 0 aromatic carbocycles. The number of methoxy groups -OCH3 is 1. The second-order valence-electron chi connectivity index (χ2n) is 8.28. The zero-order valence-corrected chi connectivity index (χ0v) is 18.3. The lowest BCUT2D eigenvalue weighted by Crippen LogP contribution is -2.38. The van der Waals surface area contributed by atoms with Crippen LogP contribution in [0, 0.1) is 17.7 Å². The van der Waals surface area contributed by atoms with Crippen LogP contribution in [0.4, 0.5) is 10.3 Å². The minimum Gasteiger partial charge on any atom is -0.469 e. The molecular formula is C22H24FN5O5. The summed E-state index contributed by atoms with van der Waals surface area (Å²) in [7, 11) is 2.85. The van der Waals surface area contributed by atoms with Crippen LogP contribution in [0.1, 0.15) is 19.3 Å². The first kappa shape index (κ1) is 22.6. The third kappa shape index (κ3) is 4.62. The molecule has 2 aliphatic rings. The standard InChI is InChI=1S/C22H24FN5O5/c1-27-18(30)8-16(12-6-7-24-9-15(12)23)25-22(27)26-20-13-10-28(11-14(13)20)21(32)17(29)4-3-5-19(31)33-2/h6-9,13-14,20H,3-5,10-11H2,1-2H3,(H,25,26)/t13-,14+,20+. The summed E-state index contributed by atoms with van der Waals surface area (Å²) in [6.07, 6.45) is 2.87. The molecule has 33 heavy (non-hydrogen) atoms. The van der Waals surface area contributed by atoms with Gasteiger partial charge in [-0.25, -0.2) is 9.37 Å². The van der Waals surface area contributed by atoms with Crippen LogP contribution in [0.5, 0.6) is 0 Å². The van der Waals surface area contributed by atoms with E-state index in [1.165, 1.54) is 34.9 Å². The molecule has 11 heteroatoms. The van der Waals surface area contributed by atoms with Gasteiger partial charge in [0.1, 0.15) is 0 Å². The lowest BCUT2D eigenvalue weighted by molar-refractivity contribution is -0.145. The predicted molar refractivity (Wildman–Crippen MR) is 115 cm³/mol. The van der Waals surface area contributed by atoms with Gasteiger partial charge in [-0.2, -0.15) is 0 Å². The van der Waals surface area contributed by atoms with Crippen molar-refractivity contribution in [1.29, 1.82) is 0 Å². The van der Waals surface area contributed by atoms with Crippen molar-refractivity contribution in [2.45, 2.75) is 25.3 Å². The van der Waals surface area contributed by atoms with E-state index < -0.39 is 23.5 Å². The quantitative estimate of drug-likeness (QED) is 0.455. The summed E-state index contributed by atoms with van der Waals surface area (Å²) >= 11 is 0. The van der Waals surface area contributed by atoms with Gasteiger partial charge in [-0.05, 0) is 12.5 Å². The number of nitrogens with one attached hydrogen (secondary N) is 1. The molecule has 0 bridgehead atoms. The molecule has 1 saturated carbocycles. The number of carbonyl (C=O) groups is 3. The van der Waals surface area contributed by atoms with E-state index in [1.54, 1.807) is 7.05 Å². The van der Waals surface area contributed by atoms with E-state index in [9.17, 15) is 23.6 Å². The number of nitrogens with zero attached hydrogens (tertiary/aromatic N) is 4. The fourth-order valence-corrected chi connectivity index (χ4v) is 4.22. The molecule has 0 unspecified atom stereocenters. The molecular weight excluding hydrogens is 433 g/mol. The number of Topliss-reactive ketones (excluding diaryl/α,β-unsaturated/α-hetero) is 1. The molecule has 1 amide bonds. The Morgan fingerprint density at radius 2 is 1.97 bits per heavy atom. The Morgan fingerprint density at radius 3 is 2.64 bits per heavy atom. The number of likely N-dealkylation sites (tertiary alicyclic amines) is 1. The molecule has 1 aliphatic carbocycles. The second kappa shape index (κ2) is 9.08. The number of ether oxygens (including phenoxy) is 1. The number of aromatic nitrogens is 3. The molecule has 1 saturated heterocycles. The summed E-state index contributed by atoms with van der Waals surface area (Å²) in [6.45, 7) is 0.854. The van der Waals surface area contributed by atoms with Crippen molar-refractivity contribution < 1.29 is 23.5 Å². The zero-order valence-electron chi connectivity index (χ0n) is 18.3. The fraction of sp³-hybridized carbons (Fsp3) is 0.455. The molecule has 3 heterocycles. The van der Waals surface area contributed by atoms with Gasteiger partial charge in [0.15, 0.2) is 5.82 Å². The number of ketones is 1. The Kier molecular flexibility index (Phi) is 6.21. The van der Waals surface area contributed by atoms with E-state index in [0.717, 1.165) is 6.20 Å². The maximum absolute atomic E-state index is 14.1. The van der Waals surface area contributed by atoms with E-state index in [2.05, 4.69) is 20.0 Å². The molecule has 10 nitrogen and oxygen atoms in total. The van der Waals surface area contributed by atoms with Crippen LogP contribution >= 0.6 is 0 Å². The maximum Gasteiger partial charge on any atom is 0.305 e. The van der Waals surface area contributed by atoms with Gasteiger partial charge < -0.3 is 15.0 Å². The number of halogens is 1. The first-order valence-corrected chi connectivity index (χ1v) is 10.6. The Bertz CT molecular complexity index is 1150. The second-order valence-corrected chi connectivity index (χ2v) is 8.28. The Hall–Kier alpha value is -3.63. The van der Waals surface area contributed by atoms with Gasteiger partial charge in [0.05, 0.1) is 19.0 Å². The molecule has 4 rings (SSSR count). The molecule has 2 aromatic heterocycles. The van der Waals surface area contributed by atoms with Gasteiger partial charge in [-0.1, -0.05) is 0 Å². The molecule has 2 fully saturated rings. The van der Waals surface area contributed by atoms with Gasteiger partial charge in [-0.3, -0.25) is 28.7 Å². The monoisotopic (exact) mass is 457 g/mol. The van der Waals surface area contributed by atoms with E-state index >= 15 is 0 Å². The predicted octanol–water partition coefficient (Wildman–Crippen LogP) is 0.762. The van der Waals surface area contributed by atoms with Crippen molar-refractivity contribution in [3.05, 3.63) is 40.7 Å². The summed E-state index contributed by atoms with van der Waals surface area (Å²) < 4.78 is 20.0. The van der Waals surface area contributed by atoms with E-state index in [4.69, 9.17) is 0 Å². The number of hydrogen-bond donors (Lipinski definition) is 1. The number of amides is 1. The highest BCUT2D eigenvalue weighted by atomic mass is 19.1. The van der Waals surface area contributed by atoms with E-state index in [0.29, 0.717) is 19.0 Å². The van der Waals surface area contributed by atoms with Crippen LogP contribution in [0.2, 0.25) is 0 Å². The average molecular weight is 457 g/mol. The van der Waals surface area contributed by atoms with Gasteiger partial charge in [0.2, 0.25) is 11.7 Å².